The maximum Gasteiger partial charge on any atom is 0.228 e. The summed E-state index contributed by atoms with van der Waals surface area (Å²) in [6.45, 7) is 2.17. The Balaban J connectivity index is 1.60. The molecule has 0 aliphatic carbocycles. The Bertz CT molecular complexity index is 652. The van der Waals surface area contributed by atoms with E-state index < -0.39 is 0 Å². The monoisotopic (exact) mass is 320 g/mol. The molecule has 2 aromatic rings. The molecule has 6 nitrogen and oxygen atoms in total. The standard InChI is InChI=1S/C15H17ClN4O2/c16-11-2-1-3-12(8-11)20-6-4-14(19-20)18-15(21)9-13-10-17-5-7-22-13/h1-4,6,8,13,17H,5,7,9-10H2,(H,18,19,21). The maximum absolute atomic E-state index is 12.0. The van der Waals surface area contributed by atoms with Crippen LogP contribution in [0, 0.1) is 0 Å². The number of amides is 1. The van der Waals surface area contributed by atoms with Crippen molar-refractivity contribution in [3.63, 3.8) is 0 Å². The minimum Gasteiger partial charge on any atom is -0.375 e. The predicted molar refractivity (Wildman–Crippen MR) is 84.4 cm³/mol. The first-order valence-corrected chi connectivity index (χ1v) is 7.52. The molecule has 1 aromatic heterocycles. The fourth-order valence-electron chi connectivity index (χ4n) is 2.30. The van der Waals surface area contributed by atoms with Gasteiger partial charge < -0.3 is 15.4 Å². The summed E-state index contributed by atoms with van der Waals surface area (Å²) in [5, 5.41) is 10.9. The summed E-state index contributed by atoms with van der Waals surface area (Å²) in [6, 6.07) is 9.10. The molecule has 2 N–H and O–H groups in total. The highest BCUT2D eigenvalue weighted by Gasteiger charge is 2.17. The van der Waals surface area contributed by atoms with E-state index >= 15 is 0 Å². The third-order valence-corrected chi connectivity index (χ3v) is 3.58. The molecule has 1 saturated heterocycles. The molecule has 7 heteroatoms. The number of anilines is 1. The molecule has 116 valence electrons. The van der Waals surface area contributed by atoms with Crippen molar-refractivity contribution in [3.05, 3.63) is 41.6 Å². The van der Waals surface area contributed by atoms with Gasteiger partial charge in [-0.05, 0) is 18.2 Å². The Kier molecular flexibility index (Phi) is 4.72. The van der Waals surface area contributed by atoms with Gasteiger partial charge in [-0.3, -0.25) is 4.79 Å². The van der Waals surface area contributed by atoms with Gasteiger partial charge in [-0.15, -0.1) is 0 Å². The molecule has 0 saturated carbocycles. The maximum atomic E-state index is 12.0. The van der Waals surface area contributed by atoms with Crippen LogP contribution in [0.25, 0.3) is 5.69 Å². The first-order chi connectivity index (χ1) is 10.7. The Hall–Kier alpha value is -1.89. The molecular weight excluding hydrogens is 304 g/mol. The molecule has 1 aliphatic heterocycles. The molecule has 3 rings (SSSR count). The highest BCUT2D eigenvalue weighted by molar-refractivity contribution is 6.30. The molecule has 0 bridgehead atoms. The molecule has 22 heavy (non-hydrogen) atoms. The van der Waals surface area contributed by atoms with Crippen molar-refractivity contribution in [2.45, 2.75) is 12.5 Å². The van der Waals surface area contributed by atoms with Gasteiger partial charge in [-0.1, -0.05) is 17.7 Å². The fourth-order valence-corrected chi connectivity index (χ4v) is 2.49. The van der Waals surface area contributed by atoms with Crippen LogP contribution < -0.4 is 10.6 Å². The van der Waals surface area contributed by atoms with Gasteiger partial charge in [0.2, 0.25) is 5.91 Å². The number of nitrogens with zero attached hydrogens (tertiary/aromatic N) is 2. The van der Waals surface area contributed by atoms with Crippen molar-refractivity contribution < 1.29 is 9.53 Å². The van der Waals surface area contributed by atoms with Gasteiger partial charge in [0.25, 0.3) is 0 Å². The summed E-state index contributed by atoms with van der Waals surface area (Å²) in [7, 11) is 0. The van der Waals surface area contributed by atoms with Crippen LogP contribution in [-0.4, -0.2) is 41.5 Å². The second kappa shape index (κ2) is 6.91. The van der Waals surface area contributed by atoms with Crippen LogP contribution in [0.2, 0.25) is 5.02 Å². The lowest BCUT2D eigenvalue weighted by molar-refractivity contribution is -0.119. The smallest absolute Gasteiger partial charge is 0.228 e. The van der Waals surface area contributed by atoms with Crippen LogP contribution in [0.15, 0.2) is 36.5 Å². The zero-order chi connectivity index (χ0) is 15.4. The van der Waals surface area contributed by atoms with E-state index in [-0.39, 0.29) is 12.0 Å². The van der Waals surface area contributed by atoms with Gasteiger partial charge >= 0.3 is 0 Å². The first kappa shape index (κ1) is 15.0. The number of hydrogen-bond acceptors (Lipinski definition) is 4. The molecule has 0 spiro atoms. The van der Waals surface area contributed by atoms with Gasteiger partial charge in [0.15, 0.2) is 5.82 Å². The molecule has 1 fully saturated rings. The predicted octanol–water partition coefficient (Wildman–Crippen LogP) is 1.84. The highest BCUT2D eigenvalue weighted by atomic mass is 35.5. The van der Waals surface area contributed by atoms with Crippen LogP contribution in [0.4, 0.5) is 5.82 Å². The van der Waals surface area contributed by atoms with Crippen LogP contribution >= 0.6 is 11.6 Å². The van der Waals surface area contributed by atoms with E-state index in [9.17, 15) is 4.79 Å². The molecule has 1 unspecified atom stereocenters. The second-order valence-corrected chi connectivity index (χ2v) is 5.51. The number of benzene rings is 1. The molecule has 0 radical (unpaired) electrons. The average molecular weight is 321 g/mol. The lowest BCUT2D eigenvalue weighted by Crippen LogP contribution is -2.40. The summed E-state index contributed by atoms with van der Waals surface area (Å²) < 4.78 is 7.18. The molecule has 1 aromatic carbocycles. The van der Waals surface area contributed by atoms with E-state index in [1.165, 1.54) is 0 Å². The summed E-state index contributed by atoms with van der Waals surface area (Å²) >= 11 is 5.96. The molecule has 1 amide bonds. The number of morpholine rings is 1. The number of ether oxygens (including phenoxy) is 1. The Morgan fingerprint density at radius 1 is 1.50 bits per heavy atom. The zero-order valence-corrected chi connectivity index (χ0v) is 12.7. The first-order valence-electron chi connectivity index (χ1n) is 7.14. The van der Waals surface area contributed by atoms with Crippen LogP contribution in [0.3, 0.4) is 0 Å². The largest absolute Gasteiger partial charge is 0.375 e. The van der Waals surface area contributed by atoms with Crippen molar-refractivity contribution in [2.75, 3.05) is 25.0 Å². The topological polar surface area (TPSA) is 68.2 Å². The van der Waals surface area contributed by atoms with Gasteiger partial charge in [0, 0.05) is 30.4 Å². The number of carbonyl (C=O) groups is 1. The third-order valence-electron chi connectivity index (χ3n) is 3.35. The number of aromatic nitrogens is 2. The van der Waals surface area contributed by atoms with Crippen molar-refractivity contribution in [1.29, 1.82) is 0 Å². The third kappa shape index (κ3) is 3.85. The van der Waals surface area contributed by atoms with E-state index in [1.807, 2.05) is 18.2 Å². The minimum absolute atomic E-state index is 0.0798. The normalized spacial score (nSPS) is 18.1. The number of nitrogens with one attached hydrogen (secondary N) is 2. The Labute approximate surface area is 133 Å². The number of carbonyl (C=O) groups excluding carboxylic acids is 1. The van der Waals surface area contributed by atoms with Crippen molar-refractivity contribution in [3.8, 4) is 5.69 Å². The minimum atomic E-state index is -0.106. The number of rotatable bonds is 4. The quantitative estimate of drug-likeness (QED) is 0.902. The van der Waals surface area contributed by atoms with Gasteiger partial charge in [0.05, 0.1) is 24.8 Å². The van der Waals surface area contributed by atoms with E-state index in [4.69, 9.17) is 16.3 Å². The van der Waals surface area contributed by atoms with Crippen LogP contribution in [0.5, 0.6) is 0 Å². The number of halogens is 1. The summed E-state index contributed by atoms with van der Waals surface area (Å²) in [5.41, 5.74) is 0.841. The molecule has 1 atom stereocenters. The number of hydrogen-bond donors (Lipinski definition) is 2. The summed E-state index contributed by atoms with van der Waals surface area (Å²) in [4.78, 5) is 12.0. The average Bonchev–Trinajstić information content (AvgIpc) is 2.96. The molecule has 2 heterocycles. The van der Waals surface area contributed by atoms with Crippen molar-refractivity contribution in [2.24, 2.45) is 0 Å². The lowest BCUT2D eigenvalue weighted by Gasteiger charge is -2.22. The highest BCUT2D eigenvalue weighted by Crippen LogP contribution is 2.15. The fraction of sp³-hybridized carbons (Fsp3) is 0.333. The van der Waals surface area contributed by atoms with E-state index in [1.54, 1.807) is 23.0 Å². The Morgan fingerprint density at radius 2 is 2.41 bits per heavy atom. The van der Waals surface area contributed by atoms with Crippen LogP contribution in [-0.2, 0) is 9.53 Å². The van der Waals surface area contributed by atoms with Gasteiger partial charge in [0.1, 0.15) is 0 Å². The van der Waals surface area contributed by atoms with Gasteiger partial charge in [-0.25, -0.2) is 4.68 Å². The van der Waals surface area contributed by atoms with Crippen molar-refractivity contribution in [1.82, 2.24) is 15.1 Å². The Morgan fingerprint density at radius 3 is 3.18 bits per heavy atom. The van der Waals surface area contributed by atoms with E-state index in [0.717, 1.165) is 12.2 Å². The van der Waals surface area contributed by atoms with E-state index in [2.05, 4.69) is 15.7 Å². The summed E-state index contributed by atoms with van der Waals surface area (Å²) in [5.74, 6) is 0.402. The van der Waals surface area contributed by atoms with Gasteiger partial charge in [-0.2, -0.15) is 5.10 Å². The van der Waals surface area contributed by atoms with E-state index in [0.29, 0.717) is 30.4 Å². The molecule has 1 aliphatic rings. The summed E-state index contributed by atoms with van der Waals surface area (Å²) in [6.07, 6.45) is 2.01. The zero-order valence-electron chi connectivity index (χ0n) is 12.0. The molecular formula is C15H17ClN4O2. The SMILES string of the molecule is O=C(CC1CNCCO1)Nc1ccn(-c2cccc(Cl)c2)n1. The van der Waals surface area contributed by atoms with Crippen LogP contribution in [0.1, 0.15) is 6.42 Å². The lowest BCUT2D eigenvalue weighted by atomic mass is 10.2. The van der Waals surface area contributed by atoms with Crippen molar-refractivity contribution >= 4 is 23.3 Å². The second-order valence-electron chi connectivity index (χ2n) is 5.07.